The van der Waals surface area contributed by atoms with E-state index in [1.54, 1.807) is 0 Å². The normalized spacial score (nSPS) is 20.2. The van der Waals surface area contributed by atoms with Crippen LogP contribution in [-0.2, 0) is 9.47 Å². The highest BCUT2D eigenvalue weighted by Gasteiger charge is 2.62. The SMILES string of the molecule is OC(COC(F)(F)C(F)(F)CC(F)(F)F)CC1CCOCC1. The quantitative estimate of drug-likeness (QED) is 0.721. The fourth-order valence-corrected chi connectivity index (χ4v) is 2.10. The number of aliphatic hydroxyl groups is 1. The van der Waals surface area contributed by atoms with Gasteiger partial charge in [-0.3, -0.25) is 0 Å². The lowest BCUT2D eigenvalue weighted by Crippen LogP contribution is -2.47. The molecule has 3 nitrogen and oxygen atoms in total. The van der Waals surface area contributed by atoms with Crippen LogP contribution >= 0.6 is 0 Å². The Bertz CT molecular complexity index is 340. The fourth-order valence-electron chi connectivity index (χ4n) is 2.10. The predicted molar refractivity (Wildman–Crippen MR) is 60.7 cm³/mol. The third-order valence-electron chi connectivity index (χ3n) is 3.25. The van der Waals surface area contributed by atoms with Crippen LogP contribution in [0.1, 0.15) is 25.7 Å². The molecule has 22 heavy (non-hydrogen) atoms. The van der Waals surface area contributed by atoms with Crippen molar-refractivity contribution in [1.82, 2.24) is 0 Å². The third kappa shape index (κ3) is 6.25. The first kappa shape index (κ1) is 19.4. The van der Waals surface area contributed by atoms with Crippen LogP contribution in [0.5, 0.6) is 0 Å². The highest BCUT2D eigenvalue weighted by Crippen LogP contribution is 2.43. The summed E-state index contributed by atoms with van der Waals surface area (Å²) in [4.78, 5) is 0. The van der Waals surface area contributed by atoms with E-state index < -0.39 is 37.3 Å². The van der Waals surface area contributed by atoms with Gasteiger partial charge >= 0.3 is 18.2 Å². The van der Waals surface area contributed by atoms with E-state index in [1.165, 1.54) is 0 Å². The van der Waals surface area contributed by atoms with Gasteiger partial charge in [0.25, 0.3) is 0 Å². The summed E-state index contributed by atoms with van der Waals surface area (Å²) in [5.41, 5.74) is 0. The summed E-state index contributed by atoms with van der Waals surface area (Å²) in [5.74, 6) is -5.43. The van der Waals surface area contributed by atoms with E-state index in [9.17, 15) is 35.8 Å². The van der Waals surface area contributed by atoms with Crippen molar-refractivity contribution in [3.05, 3.63) is 0 Å². The summed E-state index contributed by atoms with van der Waals surface area (Å²) in [6.45, 7) is -0.284. The monoisotopic (exact) mass is 342 g/mol. The molecule has 132 valence electrons. The molecule has 10 heteroatoms. The number of rotatable bonds is 7. The van der Waals surface area contributed by atoms with Gasteiger partial charge in [0, 0.05) is 13.2 Å². The molecule has 1 aliphatic rings. The van der Waals surface area contributed by atoms with E-state index in [4.69, 9.17) is 4.74 Å². The van der Waals surface area contributed by atoms with E-state index in [-0.39, 0.29) is 12.3 Å². The van der Waals surface area contributed by atoms with Crippen molar-refractivity contribution in [3.63, 3.8) is 0 Å². The van der Waals surface area contributed by atoms with Gasteiger partial charge < -0.3 is 14.6 Å². The summed E-state index contributed by atoms with van der Waals surface area (Å²) in [7, 11) is 0. The number of aliphatic hydroxyl groups excluding tert-OH is 1. The zero-order valence-corrected chi connectivity index (χ0v) is 11.5. The Morgan fingerprint density at radius 3 is 2.09 bits per heavy atom. The van der Waals surface area contributed by atoms with Crippen LogP contribution in [0.4, 0.5) is 30.7 Å². The van der Waals surface area contributed by atoms with Gasteiger partial charge in [0.05, 0.1) is 12.7 Å². The maximum absolute atomic E-state index is 13.1. The Labute approximate surface area is 122 Å². The molecule has 1 rings (SSSR count). The van der Waals surface area contributed by atoms with Crippen LogP contribution in [0.3, 0.4) is 0 Å². The van der Waals surface area contributed by atoms with Crippen molar-refractivity contribution in [1.29, 1.82) is 0 Å². The highest BCUT2D eigenvalue weighted by molar-refractivity contribution is 4.81. The minimum absolute atomic E-state index is 0.0309. The Hall–Kier alpha value is -0.610. The molecule has 0 aliphatic carbocycles. The van der Waals surface area contributed by atoms with Gasteiger partial charge in [-0.1, -0.05) is 0 Å². The lowest BCUT2D eigenvalue weighted by atomic mass is 9.94. The highest BCUT2D eigenvalue weighted by atomic mass is 19.4. The summed E-state index contributed by atoms with van der Waals surface area (Å²) in [6, 6.07) is 0. The fraction of sp³-hybridized carbons (Fsp3) is 1.00. The molecule has 1 N–H and O–H groups in total. The molecule has 1 saturated heterocycles. The Balaban J connectivity index is 2.46. The minimum Gasteiger partial charge on any atom is -0.391 e. The van der Waals surface area contributed by atoms with Crippen molar-refractivity contribution < 1.29 is 45.3 Å². The minimum atomic E-state index is -5.46. The maximum atomic E-state index is 13.1. The standard InChI is InChI=1S/C12H17F7O3/c13-10(14,7-11(15,16)17)12(18,19)22-6-9(20)5-8-1-3-21-4-2-8/h8-9,20H,1-7H2. The van der Waals surface area contributed by atoms with Gasteiger partial charge in [0.2, 0.25) is 0 Å². The van der Waals surface area contributed by atoms with E-state index in [2.05, 4.69) is 4.74 Å². The Morgan fingerprint density at radius 2 is 1.59 bits per heavy atom. The van der Waals surface area contributed by atoms with E-state index >= 15 is 0 Å². The van der Waals surface area contributed by atoms with Crippen LogP contribution in [0, 0.1) is 5.92 Å². The van der Waals surface area contributed by atoms with E-state index in [0.717, 1.165) is 0 Å². The van der Waals surface area contributed by atoms with Crippen LogP contribution in [-0.4, -0.2) is 49.2 Å². The van der Waals surface area contributed by atoms with Gasteiger partial charge in [-0.2, -0.15) is 30.7 Å². The number of hydrogen-bond donors (Lipinski definition) is 1. The average molecular weight is 342 g/mol. The summed E-state index contributed by atoms with van der Waals surface area (Å²) < 4.78 is 96.2. The molecule has 0 saturated carbocycles. The van der Waals surface area contributed by atoms with Crippen LogP contribution in [0.25, 0.3) is 0 Å². The molecule has 1 atom stereocenters. The van der Waals surface area contributed by atoms with Crippen molar-refractivity contribution in [3.8, 4) is 0 Å². The van der Waals surface area contributed by atoms with Crippen molar-refractivity contribution in [2.45, 2.75) is 50.0 Å². The number of alkyl halides is 7. The first-order valence-electron chi connectivity index (χ1n) is 6.65. The second kappa shape index (κ2) is 7.31. The molecule has 0 aromatic carbocycles. The molecule has 1 aliphatic heterocycles. The molecule has 1 unspecified atom stereocenters. The van der Waals surface area contributed by atoms with Crippen LogP contribution < -0.4 is 0 Å². The second-order valence-electron chi connectivity index (χ2n) is 5.27. The van der Waals surface area contributed by atoms with E-state index in [0.29, 0.717) is 26.1 Å². The summed E-state index contributed by atoms with van der Waals surface area (Å²) >= 11 is 0. The number of ether oxygens (including phenoxy) is 2. The smallest absolute Gasteiger partial charge is 0.391 e. The van der Waals surface area contributed by atoms with Crippen molar-refractivity contribution in [2.24, 2.45) is 5.92 Å². The van der Waals surface area contributed by atoms with Gasteiger partial charge in [0.15, 0.2) is 0 Å². The maximum Gasteiger partial charge on any atom is 0.419 e. The first-order valence-corrected chi connectivity index (χ1v) is 6.65. The molecular weight excluding hydrogens is 325 g/mol. The van der Waals surface area contributed by atoms with E-state index in [1.807, 2.05) is 0 Å². The number of halogens is 7. The Kier molecular flexibility index (Phi) is 6.46. The molecular formula is C12H17F7O3. The van der Waals surface area contributed by atoms with Crippen LogP contribution in [0.15, 0.2) is 0 Å². The lowest BCUT2D eigenvalue weighted by Gasteiger charge is -2.29. The molecule has 1 fully saturated rings. The van der Waals surface area contributed by atoms with Crippen molar-refractivity contribution in [2.75, 3.05) is 19.8 Å². The van der Waals surface area contributed by atoms with Crippen LogP contribution in [0.2, 0.25) is 0 Å². The van der Waals surface area contributed by atoms with Crippen molar-refractivity contribution >= 4 is 0 Å². The molecule has 0 radical (unpaired) electrons. The topological polar surface area (TPSA) is 38.7 Å². The van der Waals surface area contributed by atoms with Gasteiger partial charge in [-0.15, -0.1) is 0 Å². The average Bonchev–Trinajstić information content (AvgIpc) is 2.34. The molecule has 1 heterocycles. The molecule has 0 bridgehead atoms. The number of hydrogen-bond acceptors (Lipinski definition) is 3. The van der Waals surface area contributed by atoms with Gasteiger partial charge in [0.1, 0.15) is 6.42 Å². The first-order chi connectivity index (χ1) is 9.93. The summed E-state index contributed by atoms with van der Waals surface area (Å²) in [6.07, 6.45) is -14.0. The molecule has 0 aromatic rings. The predicted octanol–water partition coefficient (Wildman–Crippen LogP) is 3.36. The zero-order chi connectivity index (χ0) is 17.0. The zero-order valence-electron chi connectivity index (χ0n) is 11.5. The van der Waals surface area contributed by atoms with Gasteiger partial charge in [-0.25, -0.2) is 0 Å². The summed E-state index contributed by atoms with van der Waals surface area (Å²) in [5, 5.41) is 9.50. The molecule has 0 aromatic heterocycles. The molecule has 0 spiro atoms. The Morgan fingerprint density at radius 1 is 1.05 bits per heavy atom. The largest absolute Gasteiger partial charge is 0.419 e. The van der Waals surface area contributed by atoms with Gasteiger partial charge in [-0.05, 0) is 25.2 Å². The molecule has 0 amide bonds. The second-order valence-corrected chi connectivity index (χ2v) is 5.27. The lowest BCUT2D eigenvalue weighted by molar-refractivity contribution is -0.369. The third-order valence-corrected chi connectivity index (χ3v) is 3.25.